The number of pyridine rings is 3. The first kappa shape index (κ1) is 56.4. The van der Waals surface area contributed by atoms with Gasteiger partial charge in [-0.1, -0.05) is 109 Å². The number of hydrogen-bond donors (Lipinski definition) is 4. The molecule has 6 rings (SSSR count). The Morgan fingerprint density at radius 3 is 1.25 bits per heavy atom. The van der Waals surface area contributed by atoms with Crippen LogP contribution in [0, 0.1) is 0 Å². The van der Waals surface area contributed by atoms with Gasteiger partial charge in [0.1, 0.15) is 48.5 Å². The van der Waals surface area contributed by atoms with Crippen molar-refractivity contribution in [3.05, 3.63) is 210 Å². The fraction of sp³-hybridized carbons (Fsp3) is 0.321. The van der Waals surface area contributed by atoms with Crippen molar-refractivity contribution < 1.29 is 43.2 Å². The Morgan fingerprint density at radius 2 is 0.855 bits per heavy atom. The second-order valence-corrected chi connectivity index (χ2v) is 18.4. The summed E-state index contributed by atoms with van der Waals surface area (Å²) in [7, 11) is 0. The van der Waals surface area contributed by atoms with E-state index in [9.17, 15) is 38.4 Å². The van der Waals surface area contributed by atoms with Gasteiger partial charge in [0.05, 0.1) is 0 Å². The molecule has 3 aromatic carbocycles. The molecule has 400 valence electrons. The molecular weight excluding hydrogens is 977 g/mol. The number of nitrogens with zero attached hydrogens (tertiary/aromatic N) is 4. The molecule has 4 N–H and O–H groups in total. The van der Waals surface area contributed by atoms with E-state index in [0.29, 0.717) is 12.8 Å². The van der Waals surface area contributed by atoms with Crippen molar-refractivity contribution in [2.45, 2.75) is 84.3 Å². The SMILES string of the molecule is CC(C)(C)OC(=O)NCCCC[C@H](NC(=O)c1cccc(=O)n1OCc1ccccc1)C(=O)N(CCCNC(=O)c1cccc(=O)n1OCc1ccccc1)CCCNC(=O)c1cccc(=O)n1OCc1ccccc1. The number of unbranched alkanes of at least 4 members (excludes halogenated alkanes) is 1. The Balaban J connectivity index is 1.19. The molecule has 76 heavy (non-hydrogen) atoms. The lowest BCUT2D eigenvalue weighted by molar-refractivity contribution is -0.133. The molecule has 0 bridgehead atoms. The van der Waals surface area contributed by atoms with Crippen LogP contribution in [0.5, 0.6) is 0 Å². The molecule has 0 unspecified atom stereocenters. The molecule has 20 nitrogen and oxygen atoms in total. The molecule has 20 heteroatoms. The first-order chi connectivity index (χ1) is 36.7. The highest BCUT2D eigenvalue weighted by molar-refractivity contribution is 5.96. The highest BCUT2D eigenvalue weighted by Gasteiger charge is 2.28. The summed E-state index contributed by atoms with van der Waals surface area (Å²) in [6.45, 7) is 5.63. The van der Waals surface area contributed by atoms with Crippen molar-refractivity contribution in [2.75, 3.05) is 32.7 Å². The third-order valence-corrected chi connectivity index (χ3v) is 11.3. The molecule has 1 atom stereocenters. The Bertz CT molecular complexity index is 2930. The molecule has 0 aliphatic rings. The summed E-state index contributed by atoms with van der Waals surface area (Å²) in [5, 5.41) is 11.1. The number of rotatable bonds is 27. The third-order valence-electron chi connectivity index (χ3n) is 11.3. The van der Waals surface area contributed by atoms with E-state index in [-0.39, 0.29) is 88.9 Å². The molecule has 0 saturated carbocycles. The average Bonchev–Trinajstić information content (AvgIpc) is 3.41. The molecular formula is C56H64N8O12. The Kier molecular flexibility index (Phi) is 21.1. The van der Waals surface area contributed by atoms with Gasteiger partial charge < -0.3 is 45.4 Å². The van der Waals surface area contributed by atoms with Gasteiger partial charge in [0.25, 0.3) is 34.4 Å². The van der Waals surface area contributed by atoms with Crippen LogP contribution in [0.2, 0.25) is 0 Å². The molecule has 0 radical (unpaired) electrons. The van der Waals surface area contributed by atoms with E-state index in [1.165, 1.54) is 59.5 Å². The number of benzene rings is 3. The second-order valence-electron chi connectivity index (χ2n) is 18.4. The van der Waals surface area contributed by atoms with Gasteiger partial charge in [-0.15, -0.1) is 14.2 Å². The molecule has 0 fully saturated rings. The van der Waals surface area contributed by atoms with E-state index in [2.05, 4.69) is 21.3 Å². The van der Waals surface area contributed by atoms with Gasteiger partial charge in [0.15, 0.2) is 0 Å². The van der Waals surface area contributed by atoms with Crippen LogP contribution in [-0.4, -0.2) is 93.2 Å². The molecule has 3 heterocycles. The lowest BCUT2D eigenvalue weighted by atomic mass is 10.1. The maximum absolute atomic E-state index is 14.9. The van der Waals surface area contributed by atoms with Gasteiger partial charge in [0, 0.05) is 50.9 Å². The quantitative estimate of drug-likeness (QED) is 0.0528. The Hall–Kier alpha value is -8.94. The van der Waals surface area contributed by atoms with Crippen molar-refractivity contribution >= 4 is 29.7 Å². The van der Waals surface area contributed by atoms with Crippen LogP contribution in [0.1, 0.15) is 101 Å². The summed E-state index contributed by atoms with van der Waals surface area (Å²) in [5.41, 5.74) is -0.379. The standard InChI is InChI=1S/C56H64N8O12/c1-56(2,3)76-55(72)59-33-14-13-26-44(60-53(70)47-29-17-32-50(67)64(47)75-40-43-24-11-6-12-25-43)54(71)61(36-18-34-57-51(68)45-27-15-30-48(65)62(45)73-38-41-20-7-4-8-21-41)37-19-35-58-52(69)46-28-16-31-49(66)63(46)74-39-42-22-9-5-10-23-42/h4-12,15-17,20-25,27-32,44H,13-14,18-19,26,33-40H2,1-3H3,(H,57,68)(H,58,69)(H,59,72)(H,60,70)/t44-/m0/s1. The van der Waals surface area contributed by atoms with Crippen molar-refractivity contribution in [1.29, 1.82) is 0 Å². The molecule has 5 amide bonds. The lowest BCUT2D eigenvalue weighted by Crippen LogP contribution is -2.50. The Morgan fingerprint density at radius 1 is 0.474 bits per heavy atom. The number of carbonyl (C=O) groups excluding carboxylic acids is 5. The molecule has 3 aromatic heterocycles. The van der Waals surface area contributed by atoms with Crippen molar-refractivity contribution in [2.24, 2.45) is 0 Å². The molecule has 0 saturated heterocycles. The van der Waals surface area contributed by atoms with E-state index in [4.69, 9.17) is 19.2 Å². The third kappa shape index (κ3) is 17.6. The summed E-state index contributed by atoms with van der Waals surface area (Å²) in [6, 6.07) is 38.5. The smallest absolute Gasteiger partial charge is 0.407 e. The van der Waals surface area contributed by atoms with E-state index < -0.39 is 58.0 Å². The minimum atomic E-state index is -1.18. The minimum Gasteiger partial charge on any atom is -0.444 e. The normalized spacial score (nSPS) is 11.4. The van der Waals surface area contributed by atoms with Gasteiger partial charge in [-0.3, -0.25) is 33.6 Å². The first-order valence-electron chi connectivity index (χ1n) is 25.0. The fourth-order valence-electron chi connectivity index (χ4n) is 7.62. The molecule has 0 aliphatic heterocycles. The van der Waals surface area contributed by atoms with Crippen LogP contribution in [0.15, 0.2) is 160 Å². The monoisotopic (exact) mass is 1040 g/mol. The van der Waals surface area contributed by atoms with Crippen LogP contribution in [-0.2, 0) is 29.4 Å². The van der Waals surface area contributed by atoms with Crippen LogP contribution < -0.4 is 52.5 Å². The van der Waals surface area contributed by atoms with Gasteiger partial charge in [-0.05, 0) is 87.8 Å². The molecule has 6 aromatic rings. The first-order valence-corrected chi connectivity index (χ1v) is 25.0. The number of alkyl carbamates (subject to hydrolysis) is 1. The number of hydrogen-bond acceptors (Lipinski definition) is 12. The molecule has 0 aliphatic carbocycles. The number of aromatic nitrogens is 3. The maximum Gasteiger partial charge on any atom is 0.407 e. The summed E-state index contributed by atoms with van der Waals surface area (Å²) in [6.07, 6.45) is 0.623. The van der Waals surface area contributed by atoms with Gasteiger partial charge in [-0.2, -0.15) is 0 Å². The lowest BCUT2D eigenvalue weighted by Gasteiger charge is -2.28. The predicted molar refractivity (Wildman–Crippen MR) is 282 cm³/mol. The van der Waals surface area contributed by atoms with Gasteiger partial charge in [-0.25, -0.2) is 4.79 Å². The van der Waals surface area contributed by atoms with Crippen LogP contribution in [0.3, 0.4) is 0 Å². The average molecular weight is 1040 g/mol. The summed E-state index contributed by atoms with van der Waals surface area (Å²) in [5.74, 6) is -2.50. The summed E-state index contributed by atoms with van der Waals surface area (Å²) < 4.78 is 8.07. The number of ether oxygens (including phenoxy) is 1. The number of nitrogens with one attached hydrogen (secondary N) is 4. The van der Waals surface area contributed by atoms with E-state index in [0.717, 1.165) is 30.9 Å². The van der Waals surface area contributed by atoms with E-state index in [1.807, 2.05) is 78.9 Å². The fourth-order valence-corrected chi connectivity index (χ4v) is 7.62. The highest BCUT2D eigenvalue weighted by Crippen LogP contribution is 2.12. The van der Waals surface area contributed by atoms with Crippen molar-refractivity contribution in [3.8, 4) is 0 Å². The highest BCUT2D eigenvalue weighted by atomic mass is 16.7. The maximum atomic E-state index is 14.9. The second kappa shape index (κ2) is 28.5. The number of carbonyl (C=O) groups is 5. The molecule has 0 spiro atoms. The van der Waals surface area contributed by atoms with Crippen LogP contribution >= 0.6 is 0 Å². The zero-order valence-electron chi connectivity index (χ0n) is 42.8. The summed E-state index contributed by atoms with van der Waals surface area (Å²) >= 11 is 0. The van der Waals surface area contributed by atoms with Crippen molar-refractivity contribution in [1.82, 2.24) is 40.4 Å². The summed E-state index contributed by atoms with van der Waals surface area (Å²) in [4.78, 5) is 126. The zero-order valence-corrected chi connectivity index (χ0v) is 42.8. The predicted octanol–water partition coefficient (Wildman–Crippen LogP) is 4.32. The van der Waals surface area contributed by atoms with Crippen LogP contribution in [0.25, 0.3) is 0 Å². The van der Waals surface area contributed by atoms with Gasteiger partial charge >= 0.3 is 6.09 Å². The minimum absolute atomic E-state index is 0.0244. The topological polar surface area (TPSA) is 240 Å². The zero-order chi connectivity index (χ0) is 54.3. The number of amides is 5. The largest absolute Gasteiger partial charge is 0.444 e. The van der Waals surface area contributed by atoms with Crippen LogP contribution in [0.4, 0.5) is 4.79 Å². The van der Waals surface area contributed by atoms with Gasteiger partial charge in [0.2, 0.25) is 5.91 Å². The van der Waals surface area contributed by atoms with E-state index in [1.54, 1.807) is 32.9 Å². The van der Waals surface area contributed by atoms with E-state index >= 15 is 0 Å². The Labute approximate surface area is 439 Å². The van der Waals surface area contributed by atoms with Crippen molar-refractivity contribution in [3.63, 3.8) is 0 Å².